The van der Waals surface area contributed by atoms with Crippen LogP contribution in [0.5, 0.6) is 0 Å². The molecule has 28 heavy (non-hydrogen) atoms. The number of morpholine rings is 1. The number of hydrogen-bond donors (Lipinski definition) is 1. The molecule has 0 saturated carbocycles. The topological polar surface area (TPSA) is 54.5 Å². The van der Waals surface area contributed by atoms with Gasteiger partial charge in [-0.2, -0.15) is 0 Å². The van der Waals surface area contributed by atoms with Gasteiger partial charge in [0.05, 0.1) is 13.2 Å². The molecule has 0 unspecified atom stereocenters. The zero-order valence-electron chi connectivity index (χ0n) is 15.7. The molecule has 0 spiro atoms. The van der Waals surface area contributed by atoms with Crippen molar-refractivity contribution in [1.82, 2.24) is 4.98 Å². The Morgan fingerprint density at radius 2 is 1.54 bits per heavy atom. The molecule has 2 aromatic carbocycles. The first-order valence-electron chi connectivity index (χ1n) is 9.50. The van der Waals surface area contributed by atoms with Gasteiger partial charge in [-0.1, -0.05) is 12.1 Å². The normalized spacial score (nSPS) is 13.9. The number of rotatable bonds is 5. The molecule has 1 aliphatic rings. The SMILES string of the molecule is O=C(Nc1ccc(Cc2ccncc2)cc1)c1ccc(N2CCOCC2)cc1. The largest absolute Gasteiger partial charge is 0.378 e. The maximum atomic E-state index is 12.5. The maximum Gasteiger partial charge on any atom is 0.255 e. The summed E-state index contributed by atoms with van der Waals surface area (Å²) in [7, 11) is 0. The molecular weight excluding hydrogens is 350 g/mol. The number of amides is 1. The number of carbonyl (C=O) groups excluding carboxylic acids is 1. The second-order valence-corrected chi connectivity index (χ2v) is 6.83. The number of anilines is 2. The van der Waals surface area contributed by atoms with Crippen LogP contribution in [0.25, 0.3) is 0 Å². The van der Waals surface area contributed by atoms with E-state index in [0.29, 0.717) is 5.56 Å². The van der Waals surface area contributed by atoms with Crippen LogP contribution in [0.1, 0.15) is 21.5 Å². The van der Waals surface area contributed by atoms with Gasteiger partial charge in [-0.3, -0.25) is 9.78 Å². The highest BCUT2D eigenvalue weighted by molar-refractivity contribution is 6.04. The number of ether oxygens (including phenoxy) is 1. The first-order chi connectivity index (χ1) is 13.8. The molecule has 0 bridgehead atoms. The number of nitrogens with zero attached hydrogens (tertiary/aromatic N) is 2. The number of aromatic nitrogens is 1. The lowest BCUT2D eigenvalue weighted by atomic mass is 10.1. The predicted octanol–water partition coefficient (Wildman–Crippen LogP) is 3.76. The van der Waals surface area contributed by atoms with Crippen molar-refractivity contribution < 1.29 is 9.53 Å². The van der Waals surface area contributed by atoms with Crippen molar-refractivity contribution in [3.8, 4) is 0 Å². The number of nitrogens with one attached hydrogen (secondary N) is 1. The van der Waals surface area contributed by atoms with E-state index >= 15 is 0 Å². The molecule has 0 aliphatic carbocycles. The standard InChI is InChI=1S/C23H23N3O2/c27-23(20-3-7-22(8-4-20)26-13-15-28-16-14-26)25-21-5-1-18(2-6-21)17-19-9-11-24-12-10-19/h1-12H,13-17H2,(H,25,27). The molecule has 3 aromatic rings. The van der Waals surface area contributed by atoms with E-state index in [4.69, 9.17) is 4.74 Å². The van der Waals surface area contributed by atoms with Gasteiger partial charge >= 0.3 is 0 Å². The van der Waals surface area contributed by atoms with Gasteiger partial charge in [-0.25, -0.2) is 0 Å². The van der Waals surface area contributed by atoms with Gasteiger partial charge in [-0.15, -0.1) is 0 Å². The summed E-state index contributed by atoms with van der Waals surface area (Å²) in [5.74, 6) is -0.101. The minimum Gasteiger partial charge on any atom is -0.378 e. The summed E-state index contributed by atoms with van der Waals surface area (Å²) in [6, 6.07) is 19.7. The van der Waals surface area contributed by atoms with Crippen LogP contribution < -0.4 is 10.2 Å². The van der Waals surface area contributed by atoms with Crippen LogP contribution in [0.3, 0.4) is 0 Å². The van der Waals surface area contributed by atoms with Crippen LogP contribution in [0.15, 0.2) is 73.1 Å². The Bertz CT molecular complexity index is 903. The zero-order chi connectivity index (χ0) is 19.2. The van der Waals surface area contributed by atoms with E-state index in [2.05, 4.69) is 15.2 Å². The molecular formula is C23H23N3O2. The van der Waals surface area contributed by atoms with Crippen LogP contribution in [0.2, 0.25) is 0 Å². The van der Waals surface area contributed by atoms with E-state index in [0.717, 1.165) is 44.1 Å². The Morgan fingerprint density at radius 1 is 0.893 bits per heavy atom. The number of benzene rings is 2. The van der Waals surface area contributed by atoms with Crippen molar-refractivity contribution in [3.05, 3.63) is 89.7 Å². The zero-order valence-corrected chi connectivity index (χ0v) is 15.7. The molecule has 0 radical (unpaired) electrons. The summed E-state index contributed by atoms with van der Waals surface area (Å²) in [4.78, 5) is 18.8. The summed E-state index contributed by atoms with van der Waals surface area (Å²) in [6.07, 6.45) is 4.45. The monoisotopic (exact) mass is 373 g/mol. The van der Waals surface area contributed by atoms with Crippen LogP contribution in [-0.4, -0.2) is 37.2 Å². The van der Waals surface area contributed by atoms with Gasteiger partial charge in [0.15, 0.2) is 0 Å². The fourth-order valence-corrected chi connectivity index (χ4v) is 3.29. The van der Waals surface area contributed by atoms with Crippen molar-refractivity contribution in [3.63, 3.8) is 0 Å². The van der Waals surface area contributed by atoms with Gasteiger partial charge in [0.2, 0.25) is 0 Å². The van der Waals surface area contributed by atoms with E-state index < -0.39 is 0 Å². The Balaban J connectivity index is 1.36. The Hall–Kier alpha value is -3.18. The summed E-state index contributed by atoms with van der Waals surface area (Å²) in [5.41, 5.74) is 4.98. The van der Waals surface area contributed by atoms with Crippen LogP contribution in [-0.2, 0) is 11.2 Å². The molecule has 2 heterocycles. The average molecular weight is 373 g/mol. The quantitative estimate of drug-likeness (QED) is 0.740. The second-order valence-electron chi connectivity index (χ2n) is 6.83. The fourth-order valence-electron chi connectivity index (χ4n) is 3.29. The van der Waals surface area contributed by atoms with Crippen molar-refractivity contribution in [2.45, 2.75) is 6.42 Å². The van der Waals surface area contributed by atoms with Crippen molar-refractivity contribution in [1.29, 1.82) is 0 Å². The summed E-state index contributed by atoms with van der Waals surface area (Å²) in [6.45, 7) is 3.27. The van der Waals surface area contributed by atoms with Crippen molar-refractivity contribution in [2.75, 3.05) is 36.5 Å². The van der Waals surface area contributed by atoms with Gasteiger partial charge < -0.3 is 15.0 Å². The maximum absolute atomic E-state index is 12.5. The molecule has 4 rings (SSSR count). The van der Waals surface area contributed by atoms with Crippen LogP contribution in [0.4, 0.5) is 11.4 Å². The van der Waals surface area contributed by atoms with Crippen molar-refractivity contribution in [2.24, 2.45) is 0 Å². The van der Waals surface area contributed by atoms with E-state index in [-0.39, 0.29) is 5.91 Å². The molecule has 5 heteroatoms. The molecule has 1 aromatic heterocycles. The van der Waals surface area contributed by atoms with Crippen LogP contribution >= 0.6 is 0 Å². The third kappa shape index (κ3) is 4.56. The Labute approximate surface area is 165 Å². The first-order valence-corrected chi connectivity index (χ1v) is 9.50. The Morgan fingerprint density at radius 3 is 2.21 bits per heavy atom. The molecule has 1 aliphatic heterocycles. The lowest BCUT2D eigenvalue weighted by Gasteiger charge is -2.28. The van der Waals surface area contributed by atoms with Gasteiger partial charge in [-0.05, 0) is 66.1 Å². The van der Waals surface area contributed by atoms with Crippen LogP contribution in [0, 0.1) is 0 Å². The van der Waals surface area contributed by atoms with Gasteiger partial charge in [0.25, 0.3) is 5.91 Å². The van der Waals surface area contributed by atoms with E-state index in [1.165, 1.54) is 11.1 Å². The molecule has 5 nitrogen and oxygen atoms in total. The summed E-state index contributed by atoms with van der Waals surface area (Å²) >= 11 is 0. The minimum atomic E-state index is -0.101. The fraction of sp³-hybridized carbons (Fsp3) is 0.217. The molecule has 0 atom stereocenters. The predicted molar refractivity (Wildman–Crippen MR) is 111 cm³/mol. The number of hydrogen-bond acceptors (Lipinski definition) is 4. The second kappa shape index (κ2) is 8.67. The van der Waals surface area contributed by atoms with E-state index in [1.54, 1.807) is 12.4 Å². The molecule has 1 N–H and O–H groups in total. The smallest absolute Gasteiger partial charge is 0.255 e. The lowest BCUT2D eigenvalue weighted by molar-refractivity contribution is 0.102. The van der Waals surface area contributed by atoms with E-state index in [1.807, 2.05) is 60.7 Å². The average Bonchev–Trinajstić information content (AvgIpc) is 2.76. The van der Waals surface area contributed by atoms with Crippen molar-refractivity contribution >= 4 is 17.3 Å². The van der Waals surface area contributed by atoms with Gasteiger partial charge in [0, 0.05) is 42.4 Å². The minimum absolute atomic E-state index is 0.101. The third-order valence-corrected chi connectivity index (χ3v) is 4.88. The number of carbonyl (C=O) groups is 1. The molecule has 1 amide bonds. The number of pyridine rings is 1. The summed E-state index contributed by atoms with van der Waals surface area (Å²) < 4.78 is 5.38. The summed E-state index contributed by atoms with van der Waals surface area (Å²) in [5, 5.41) is 2.97. The van der Waals surface area contributed by atoms with E-state index in [9.17, 15) is 4.79 Å². The molecule has 1 saturated heterocycles. The third-order valence-electron chi connectivity index (χ3n) is 4.88. The lowest BCUT2D eigenvalue weighted by Crippen LogP contribution is -2.36. The Kier molecular flexibility index (Phi) is 5.64. The highest BCUT2D eigenvalue weighted by Crippen LogP contribution is 2.18. The highest BCUT2D eigenvalue weighted by atomic mass is 16.5. The van der Waals surface area contributed by atoms with Gasteiger partial charge in [0.1, 0.15) is 0 Å². The molecule has 1 fully saturated rings. The first kappa shape index (κ1) is 18.2. The highest BCUT2D eigenvalue weighted by Gasteiger charge is 2.12. The molecule has 142 valence electrons.